The molecule has 0 spiro atoms. The lowest BCUT2D eigenvalue weighted by molar-refractivity contribution is 0.0802. The van der Waals surface area contributed by atoms with Crippen molar-refractivity contribution in [2.75, 3.05) is 19.8 Å². The van der Waals surface area contributed by atoms with Crippen LogP contribution in [0.5, 0.6) is 5.88 Å². The van der Waals surface area contributed by atoms with Crippen LogP contribution in [-0.2, 0) is 4.74 Å². The van der Waals surface area contributed by atoms with Crippen molar-refractivity contribution in [1.29, 1.82) is 0 Å². The monoisotopic (exact) mass is 254 g/mol. The van der Waals surface area contributed by atoms with Gasteiger partial charge in [-0.05, 0) is 12.0 Å². The Morgan fingerprint density at radius 2 is 2.28 bits per heavy atom. The minimum atomic E-state index is -0.0667. The van der Waals surface area contributed by atoms with Gasteiger partial charge in [-0.3, -0.25) is 0 Å². The molecule has 0 aliphatic carbocycles. The molecule has 0 aliphatic rings. The number of nitrogens with two attached hydrogens (primary N) is 1. The first-order chi connectivity index (χ1) is 8.65. The van der Waals surface area contributed by atoms with Crippen molar-refractivity contribution in [3.05, 3.63) is 17.8 Å². The van der Waals surface area contributed by atoms with E-state index < -0.39 is 0 Å². The maximum Gasteiger partial charge on any atom is 0.244 e. The van der Waals surface area contributed by atoms with E-state index in [0.717, 1.165) is 0 Å². The van der Waals surface area contributed by atoms with Gasteiger partial charge in [-0.2, -0.15) is 5.10 Å². The average molecular weight is 254 g/mol. The zero-order chi connectivity index (χ0) is 13.4. The Kier molecular flexibility index (Phi) is 5.86. The number of hydrogen-bond acceptors (Lipinski definition) is 6. The van der Waals surface area contributed by atoms with Crippen molar-refractivity contribution in [3.63, 3.8) is 0 Å². The van der Waals surface area contributed by atoms with E-state index in [9.17, 15) is 0 Å². The lowest BCUT2D eigenvalue weighted by atomic mass is 10.2. The fraction of sp³-hybridized carbons (Fsp3) is 0.545. The Morgan fingerprint density at radius 1 is 1.50 bits per heavy atom. The first-order valence-corrected chi connectivity index (χ1v) is 5.65. The van der Waals surface area contributed by atoms with Crippen LogP contribution in [0.15, 0.2) is 17.4 Å². The van der Waals surface area contributed by atoms with Crippen LogP contribution in [0.4, 0.5) is 0 Å². The van der Waals surface area contributed by atoms with Crippen molar-refractivity contribution in [2.24, 2.45) is 16.8 Å². The molecule has 0 atom stereocenters. The summed E-state index contributed by atoms with van der Waals surface area (Å²) in [6.45, 7) is 5.60. The second kappa shape index (κ2) is 7.44. The van der Waals surface area contributed by atoms with Crippen molar-refractivity contribution in [2.45, 2.75) is 13.8 Å². The molecular weight excluding hydrogens is 236 g/mol. The molecule has 0 saturated heterocycles. The zero-order valence-electron chi connectivity index (χ0n) is 10.5. The third-order valence-corrected chi connectivity index (χ3v) is 1.99. The minimum Gasteiger partial charge on any atom is -0.474 e. The smallest absolute Gasteiger partial charge is 0.244 e. The summed E-state index contributed by atoms with van der Waals surface area (Å²) in [7, 11) is 0. The van der Waals surface area contributed by atoms with E-state index in [2.05, 4.69) is 29.2 Å². The van der Waals surface area contributed by atoms with Crippen LogP contribution in [0.3, 0.4) is 0 Å². The fourth-order valence-corrected chi connectivity index (χ4v) is 1.19. The molecule has 0 aromatic carbocycles. The van der Waals surface area contributed by atoms with E-state index in [4.69, 9.17) is 20.4 Å². The molecule has 3 N–H and O–H groups in total. The Labute approximate surface area is 106 Å². The Balaban J connectivity index is 2.47. The molecular formula is C11H18N4O3. The number of ether oxygens (including phenoxy) is 2. The van der Waals surface area contributed by atoms with Crippen molar-refractivity contribution >= 4 is 5.84 Å². The van der Waals surface area contributed by atoms with E-state index in [0.29, 0.717) is 31.3 Å². The minimum absolute atomic E-state index is 0.0667. The maximum atomic E-state index is 8.62. The molecule has 1 aromatic heterocycles. The van der Waals surface area contributed by atoms with E-state index in [1.807, 2.05) is 0 Å². The standard InChI is InChI=1S/C11H18N4O3/c1-8(2)7-17-5-6-18-11-9(10(12)15-16)3-4-13-14-11/h3-4,8,16H,5-7H2,1-2H3,(H2,12,15). The molecule has 0 unspecified atom stereocenters. The van der Waals surface area contributed by atoms with Crippen molar-refractivity contribution in [3.8, 4) is 5.88 Å². The van der Waals surface area contributed by atoms with E-state index in [1.54, 1.807) is 6.07 Å². The van der Waals surface area contributed by atoms with Crippen LogP contribution >= 0.6 is 0 Å². The SMILES string of the molecule is CC(C)COCCOc1nnccc1/C(N)=N/O. The average Bonchev–Trinajstić information content (AvgIpc) is 2.37. The summed E-state index contributed by atoms with van der Waals surface area (Å²) in [6, 6.07) is 1.56. The summed E-state index contributed by atoms with van der Waals surface area (Å²) in [5.74, 6) is 0.637. The molecule has 1 aromatic rings. The highest BCUT2D eigenvalue weighted by Gasteiger charge is 2.09. The first kappa shape index (κ1) is 14.2. The van der Waals surface area contributed by atoms with Crippen molar-refractivity contribution in [1.82, 2.24) is 10.2 Å². The predicted molar refractivity (Wildman–Crippen MR) is 65.7 cm³/mol. The van der Waals surface area contributed by atoms with Crippen LogP contribution in [0.25, 0.3) is 0 Å². The van der Waals surface area contributed by atoms with Gasteiger partial charge in [0.05, 0.1) is 18.4 Å². The topological polar surface area (TPSA) is 103 Å². The molecule has 7 nitrogen and oxygen atoms in total. The summed E-state index contributed by atoms with van der Waals surface area (Å²) in [5, 5.41) is 19.0. The summed E-state index contributed by atoms with van der Waals surface area (Å²) in [5.41, 5.74) is 5.89. The first-order valence-electron chi connectivity index (χ1n) is 5.65. The van der Waals surface area contributed by atoms with Gasteiger partial charge >= 0.3 is 0 Å². The molecule has 0 fully saturated rings. The van der Waals surface area contributed by atoms with Crippen LogP contribution in [0.2, 0.25) is 0 Å². The van der Waals surface area contributed by atoms with E-state index in [-0.39, 0.29) is 11.7 Å². The van der Waals surface area contributed by atoms with Gasteiger partial charge in [-0.15, -0.1) is 5.10 Å². The number of rotatable bonds is 7. The summed E-state index contributed by atoms with van der Waals surface area (Å²) < 4.78 is 10.7. The molecule has 100 valence electrons. The van der Waals surface area contributed by atoms with E-state index in [1.165, 1.54) is 6.20 Å². The van der Waals surface area contributed by atoms with Crippen LogP contribution < -0.4 is 10.5 Å². The molecule has 1 rings (SSSR count). The highest BCUT2D eigenvalue weighted by atomic mass is 16.5. The van der Waals surface area contributed by atoms with Gasteiger partial charge in [0.1, 0.15) is 6.61 Å². The van der Waals surface area contributed by atoms with Gasteiger partial charge in [-0.25, -0.2) is 0 Å². The molecule has 0 aliphatic heterocycles. The molecule has 18 heavy (non-hydrogen) atoms. The second-order valence-corrected chi connectivity index (χ2v) is 4.05. The van der Waals surface area contributed by atoms with Gasteiger partial charge in [0.15, 0.2) is 5.84 Å². The third kappa shape index (κ3) is 4.54. The third-order valence-electron chi connectivity index (χ3n) is 1.99. The van der Waals surface area contributed by atoms with Gasteiger partial charge in [0, 0.05) is 6.61 Å². The van der Waals surface area contributed by atoms with Gasteiger partial charge < -0.3 is 20.4 Å². The lowest BCUT2D eigenvalue weighted by Crippen LogP contribution is -2.17. The number of oxime groups is 1. The predicted octanol–water partition coefficient (Wildman–Crippen LogP) is 0.623. The summed E-state index contributed by atoms with van der Waals surface area (Å²) in [6.07, 6.45) is 1.44. The fourth-order valence-electron chi connectivity index (χ4n) is 1.19. The maximum absolute atomic E-state index is 8.62. The van der Waals surface area contributed by atoms with Gasteiger partial charge in [0.2, 0.25) is 5.88 Å². The molecule has 0 saturated carbocycles. The van der Waals surface area contributed by atoms with E-state index >= 15 is 0 Å². The number of amidine groups is 1. The molecule has 1 heterocycles. The van der Waals surface area contributed by atoms with Crippen molar-refractivity contribution < 1.29 is 14.7 Å². The van der Waals surface area contributed by atoms with Gasteiger partial charge in [-0.1, -0.05) is 19.0 Å². The molecule has 0 amide bonds. The molecule has 0 bridgehead atoms. The molecule has 0 radical (unpaired) electrons. The lowest BCUT2D eigenvalue weighted by Gasteiger charge is -2.09. The second-order valence-electron chi connectivity index (χ2n) is 4.05. The number of hydrogen-bond donors (Lipinski definition) is 2. The van der Waals surface area contributed by atoms with Gasteiger partial charge in [0.25, 0.3) is 0 Å². The Bertz CT molecular complexity index is 396. The number of aromatic nitrogens is 2. The molecule has 7 heteroatoms. The zero-order valence-corrected chi connectivity index (χ0v) is 10.5. The Morgan fingerprint density at radius 3 is 2.94 bits per heavy atom. The largest absolute Gasteiger partial charge is 0.474 e. The summed E-state index contributed by atoms with van der Waals surface area (Å²) >= 11 is 0. The highest BCUT2D eigenvalue weighted by molar-refractivity contribution is 5.98. The normalized spacial score (nSPS) is 11.8. The quantitative estimate of drug-likeness (QED) is 0.243. The van der Waals surface area contributed by atoms with Crippen LogP contribution in [0, 0.1) is 5.92 Å². The highest BCUT2D eigenvalue weighted by Crippen LogP contribution is 2.12. The Hall–Kier alpha value is -1.89. The number of nitrogens with zero attached hydrogens (tertiary/aromatic N) is 3. The summed E-state index contributed by atoms with van der Waals surface area (Å²) in [4.78, 5) is 0. The van der Waals surface area contributed by atoms with Crippen LogP contribution in [-0.4, -0.2) is 41.1 Å². The van der Waals surface area contributed by atoms with Crippen LogP contribution in [0.1, 0.15) is 19.4 Å².